The van der Waals surface area contributed by atoms with E-state index in [0.29, 0.717) is 30.6 Å². The van der Waals surface area contributed by atoms with Crippen LogP contribution in [0, 0.1) is 6.92 Å². The second kappa shape index (κ2) is 4.61. The fourth-order valence-corrected chi connectivity index (χ4v) is 4.07. The summed E-state index contributed by atoms with van der Waals surface area (Å²) >= 11 is 0. The van der Waals surface area contributed by atoms with E-state index in [-0.39, 0.29) is 11.0 Å². The number of hydrogen-bond donors (Lipinski definition) is 0. The fourth-order valence-electron chi connectivity index (χ4n) is 2.21. The Labute approximate surface area is 102 Å². The van der Waals surface area contributed by atoms with Crippen molar-refractivity contribution < 1.29 is 13.2 Å². The Morgan fingerprint density at radius 3 is 2.41 bits per heavy atom. The van der Waals surface area contributed by atoms with Gasteiger partial charge in [-0.05, 0) is 37.5 Å². The number of sulfone groups is 1. The Kier molecular flexibility index (Phi) is 3.33. The molecule has 0 amide bonds. The number of benzene rings is 1. The predicted molar refractivity (Wildman–Crippen MR) is 65.6 cm³/mol. The minimum absolute atomic E-state index is 0.181. The van der Waals surface area contributed by atoms with E-state index in [9.17, 15) is 13.2 Å². The number of carbonyl (C=O) groups excluding carboxylic acids is 1. The van der Waals surface area contributed by atoms with Crippen LogP contribution in [0.1, 0.15) is 31.2 Å². The number of ketones is 1. The lowest BCUT2D eigenvalue weighted by Crippen LogP contribution is -2.27. The highest BCUT2D eigenvalue weighted by atomic mass is 32.2. The first kappa shape index (κ1) is 12.3. The molecular formula is C13H16O3S. The van der Waals surface area contributed by atoms with E-state index < -0.39 is 9.84 Å². The molecule has 4 heteroatoms. The van der Waals surface area contributed by atoms with Crippen molar-refractivity contribution in [2.45, 2.75) is 42.8 Å². The van der Waals surface area contributed by atoms with Crippen LogP contribution in [0.4, 0.5) is 0 Å². The smallest absolute Gasteiger partial charge is 0.181 e. The Bertz CT molecular complexity index is 521. The van der Waals surface area contributed by atoms with Gasteiger partial charge in [-0.15, -0.1) is 0 Å². The van der Waals surface area contributed by atoms with Gasteiger partial charge in [0.25, 0.3) is 0 Å². The SMILES string of the molecule is Cc1cccc(S(=O)(=O)C2CCC(=O)CC2)c1. The zero-order valence-electron chi connectivity index (χ0n) is 9.85. The maximum atomic E-state index is 12.3. The molecule has 0 saturated heterocycles. The Morgan fingerprint density at radius 2 is 1.82 bits per heavy atom. The molecule has 0 heterocycles. The van der Waals surface area contributed by atoms with Crippen molar-refractivity contribution in [1.29, 1.82) is 0 Å². The third-order valence-electron chi connectivity index (χ3n) is 3.25. The average Bonchev–Trinajstić information content (AvgIpc) is 2.29. The largest absolute Gasteiger partial charge is 0.300 e. The van der Waals surface area contributed by atoms with E-state index in [1.165, 1.54) is 0 Å². The van der Waals surface area contributed by atoms with Crippen molar-refractivity contribution >= 4 is 15.6 Å². The van der Waals surface area contributed by atoms with Gasteiger partial charge in [0.1, 0.15) is 5.78 Å². The standard InChI is InChI=1S/C13H16O3S/c1-10-3-2-4-13(9-10)17(15,16)12-7-5-11(14)6-8-12/h2-4,9,12H,5-8H2,1H3. The molecule has 1 saturated carbocycles. The molecule has 0 aliphatic heterocycles. The monoisotopic (exact) mass is 252 g/mol. The third-order valence-corrected chi connectivity index (χ3v) is 5.51. The molecule has 0 radical (unpaired) electrons. The van der Waals surface area contributed by atoms with Crippen LogP contribution in [0.3, 0.4) is 0 Å². The molecule has 1 aliphatic rings. The van der Waals surface area contributed by atoms with E-state index in [0.717, 1.165) is 5.56 Å². The highest BCUT2D eigenvalue weighted by Gasteiger charge is 2.31. The predicted octanol–water partition coefficient (Wildman–Crippen LogP) is 2.28. The molecule has 3 nitrogen and oxygen atoms in total. The van der Waals surface area contributed by atoms with Crippen molar-refractivity contribution in [3.63, 3.8) is 0 Å². The molecule has 1 aromatic carbocycles. The highest BCUT2D eigenvalue weighted by Crippen LogP contribution is 2.27. The molecule has 0 atom stereocenters. The van der Waals surface area contributed by atoms with Gasteiger partial charge in [0.05, 0.1) is 10.1 Å². The summed E-state index contributed by atoms with van der Waals surface area (Å²) in [7, 11) is -3.26. The van der Waals surface area contributed by atoms with E-state index in [4.69, 9.17) is 0 Å². The maximum absolute atomic E-state index is 12.3. The number of hydrogen-bond acceptors (Lipinski definition) is 3. The molecule has 0 bridgehead atoms. The number of aryl methyl sites for hydroxylation is 1. The summed E-state index contributed by atoms with van der Waals surface area (Å²) in [5.41, 5.74) is 0.943. The molecular weight excluding hydrogens is 236 g/mol. The van der Waals surface area contributed by atoms with Gasteiger partial charge in [-0.3, -0.25) is 4.79 Å². The Morgan fingerprint density at radius 1 is 1.18 bits per heavy atom. The minimum atomic E-state index is -3.26. The van der Waals surface area contributed by atoms with Crippen LogP contribution < -0.4 is 0 Å². The summed E-state index contributed by atoms with van der Waals surface area (Å²) in [5.74, 6) is 0.181. The lowest BCUT2D eigenvalue weighted by molar-refractivity contribution is -0.120. The second-order valence-corrected chi connectivity index (χ2v) is 6.83. The average molecular weight is 252 g/mol. The van der Waals surface area contributed by atoms with Crippen molar-refractivity contribution in [3.05, 3.63) is 29.8 Å². The molecule has 17 heavy (non-hydrogen) atoms. The van der Waals surface area contributed by atoms with Gasteiger partial charge in [0.15, 0.2) is 9.84 Å². The molecule has 2 rings (SSSR count). The third kappa shape index (κ3) is 2.57. The molecule has 0 N–H and O–H groups in total. The van der Waals surface area contributed by atoms with Gasteiger partial charge in [0.2, 0.25) is 0 Å². The van der Waals surface area contributed by atoms with Crippen molar-refractivity contribution in [1.82, 2.24) is 0 Å². The fraction of sp³-hybridized carbons (Fsp3) is 0.462. The summed E-state index contributed by atoms with van der Waals surface area (Å²) in [5, 5.41) is -0.387. The molecule has 1 aromatic rings. The normalized spacial score (nSPS) is 18.3. The summed E-state index contributed by atoms with van der Waals surface area (Å²) < 4.78 is 24.7. The lowest BCUT2D eigenvalue weighted by atomic mass is 9.99. The van der Waals surface area contributed by atoms with Gasteiger partial charge < -0.3 is 0 Å². The number of carbonyl (C=O) groups is 1. The topological polar surface area (TPSA) is 51.2 Å². The second-order valence-electron chi connectivity index (χ2n) is 4.60. The summed E-state index contributed by atoms with van der Waals surface area (Å²) in [6.07, 6.45) is 1.73. The van der Waals surface area contributed by atoms with E-state index in [1.54, 1.807) is 18.2 Å². The molecule has 92 valence electrons. The Hall–Kier alpha value is -1.16. The van der Waals surface area contributed by atoms with Crippen molar-refractivity contribution in [2.24, 2.45) is 0 Å². The summed E-state index contributed by atoms with van der Waals surface area (Å²) in [6.45, 7) is 1.88. The lowest BCUT2D eigenvalue weighted by Gasteiger charge is -2.21. The minimum Gasteiger partial charge on any atom is -0.300 e. The van der Waals surface area contributed by atoms with E-state index in [1.807, 2.05) is 13.0 Å². The van der Waals surface area contributed by atoms with Crippen LogP contribution in [0.25, 0.3) is 0 Å². The first-order chi connectivity index (χ1) is 8.00. The van der Waals surface area contributed by atoms with Crippen LogP contribution in [0.2, 0.25) is 0 Å². The first-order valence-electron chi connectivity index (χ1n) is 5.82. The van der Waals surface area contributed by atoms with Crippen LogP contribution in [-0.2, 0) is 14.6 Å². The van der Waals surface area contributed by atoms with Gasteiger partial charge in [-0.1, -0.05) is 12.1 Å². The molecule has 0 spiro atoms. The first-order valence-corrected chi connectivity index (χ1v) is 7.37. The van der Waals surface area contributed by atoms with Crippen molar-refractivity contribution in [3.8, 4) is 0 Å². The van der Waals surface area contributed by atoms with Crippen molar-refractivity contribution in [2.75, 3.05) is 0 Å². The van der Waals surface area contributed by atoms with Crippen LogP contribution in [0.5, 0.6) is 0 Å². The molecule has 0 aromatic heterocycles. The van der Waals surface area contributed by atoms with Crippen LogP contribution in [-0.4, -0.2) is 19.5 Å². The van der Waals surface area contributed by atoms with E-state index >= 15 is 0 Å². The zero-order chi connectivity index (χ0) is 12.5. The van der Waals surface area contributed by atoms with Gasteiger partial charge in [-0.25, -0.2) is 8.42 Å². The zero-order valence-corrected chi connectivity index (χ0v) is 10.7. The molecule has 0 unspecified atom stereocenters. The Balaban J connectivity index is 2.27. The van der Waals surface area contributed by atoms with Crippen LogP contribution in [0.15, 0.2) is 29.2 Å². The quantitative estimate of drug-likeness (QED) is 0.811. The van der Waals surface area contributed by atoms with Crippen LogP contribution >= 0.6 is 0 Å². The summed E-state index contributed by atoms with van der Waals surface area (Å²) in [4.78, 5) is 11.5. The maximum Gasteiger partial charge on any atom is 0.181 e. The van der Waals surface area contributed by atoms with Gasteiger partial charge >= 0.3 is 0 Å². The van der Waals surface area contributed by atoms with Gasteiger partial charge in [0, 0.05) is 12.8 Å². The molecule has 1 fully saturated rings. The van der Waals surface area contributed by atoms with E-state index in [2.05, 4.69) is 0 Å². The highest BCUT2D eigenvalue weighted by molar-refractivity contribution is 7.92. The number of Topliss-reactive ketones (excluding diaryl/α,β-unsaturated/α-hetero) is 1. The number of rotatable bonds is 2. The molecule has 1 aliphatic carbocycles. The van der Waals surface area contributed by atoms with Gasteiger partial charge in [-0.2, -0.15) is 0 Å². The summed E-state index contributed by atoms with van der Waals surface area (Å²) in [6, 6.07) is 6.98.